The summed E-state index contributed by atoms with van der Waals surface area (Å²) >= 11 is 3.03. The molecule has 1 unspecified atom stereocenters. The summed E-state index contributed by atoms with van der Waals surface area (Å²) in [5.74, 6) is 0.684. The summed E-state index contributed by atoms with van der Waals surface area (Å²) in [5.41, 5.74) is 10.6. The number of thioether (sulfide) groups is 1. The van der Waals surface area contributed by atoms with Crippen molar-refractivity contribution in [3.05, 3.63) is 101 Å². The van der Waals surface area contributed by atoms with E-state index in [0.717, 1.165) is 27.8 Å². The monoisotopic (exact) mass is 497 g/mol. The number of carbonyl (C=O) groups excluding carboxylic acids is 1. The SMILES string of the molecule is N#CC1=C(N)N(c2nnc(SCc3ccccc3)s2)C2=C(C(=O)CCC2)C1/C=C/c1ccccc1. The van der Waals surface area contributed by atoms with Gasteiger partial charge in [-0.15, -0.1) is 10.2 Å². The number of rotatable bonds is 6. The van der Waals surface area contributed by atoms with Crippen molar-refractivity contribution in [1.82, 2.24) is 10.2 Å². The zero-order chi connectivity index (χ0) is 24.2. The van der Waals surface area contributed by atoms with Gasteiger partial charge in [0.25, 0.3) is 0 Å². The first-order valence-corrected chi connectivity index (χ1v) is 13.2. The van der Waals surface area contributed by atoms with Gasteiger partial charge in [0.1, 0.15) is 5.82 Å². The highest BCUT2D eigenvalue weighted by molar-refractivity contribution is 8.00. The number of benzene rings is 2. The summed E-state index contributed by atoms with van der Waals surface area (Å²) in [6.45, 7) is 0. The fourth-order valence-corrected chi connectivity index (χ4v) is 6.22. The van der Waals surface area contributed by atoms with E-state index >= 15 is 0 Å². The molecule has 0 radical (unpaired) electrons. The van der Waals surface area contributed by atoms with E-state index in [1.165, 1.54) is 16.9 Å². The second-order valence-electron chi connectivity index (χ2n) is 8.26. The number of hydrogen-bond donors (Lipinski definition) is 1. The smallest absolute Gasteiger partial charge is 0.219 e. The van der Waals surface area contributed by atoms with Crippen LogP contribution in [0.15, 0.2) is 93.7 Å². The van der Waals surface area contributed by atoms with E-state index in [-0.39, 0.29) is 5.78 Å². The normalized spacial score (nSPS) is 18.2. The minimum Gasteiger partial charge on any atom is -0.384 e. The van der Waals surface area contributed by atoms with Crippen molar-refractivity contribution in [2.45, 2.75) is 29.4 Å². The van der Waals surface area contributed by atoms with Gasteiger partial charge in [-0.1, -0.05) is 95.9 Å². The lowest BCUT2D eigenvalue weighted by Crippen LogP contribution is -2.39. The molecule has 2 heterocycles. The number of allylic oxidation sites excluding steroid dienone is 4. The maximum Gasteiger partial charge on any atom is 0.219 e. The second-order valence-corrected chi connectivity index (χ2v) is 10.4. The van der Waals surface area contributed by atoms with Gasteiger partial charge in [0.2, 0.25) is 5.13 Å². The van der Waals surface area contributed by atoms with Gasteiger partial charge in [-0.05, 0) is 24.0 Å². The highest BCUT2D eigenvalue weighted by Crippen LogP contribution is 2.44. The molecule has 1 atom stereocenters. The van der Waals surface area contributed by atoms with Crippen LogP contribution in [0, 0.1) is 17.2 Å². The van der Waals surface area contributed by atoms with Gasteiger partial charge in [0.05, 0.1) is 11.6 Å². The molecule has 0 amide bonds. The minimum atomic E-state index is -0.473. The quantitative estimate of drug-likeness (QED) is 0.438. The first-order chi connectivity index (χ1) is 17.2. The standard InChI is InChI=1S/C27H23N5OS2/c28-16-21-20(15-14-18-8-3-1-4-9-18)24-22(12-7-13-23(24)33)32(25(21)29)26-30-31-27(35-26)34-17-19-10-5-2-6-11-19/h1-6,8-11,14-15,20H,7,12-13,17,29H2/b15-14+. The van der Waals surface area contributed by atoms with Crippen LogP contribution >= 0.6 is 23.1 Å². The van der Waals surface area contributed by atoms with Crippen molar-refractivity contribution in [1.29, 1.82) is 5.26 Å². The summed E-state index contributed by atoms with van der Waals surface area (Å²) < 4.78 is 0.811. The average molecular weight is 498 g/mol. The third-order valence-corrected chi connectivity index (χ3v) is 8.14. The fourth-order valence-electron chi connectivity index (χ4n) is 4.38. The first kappa shape index (κ1) is 23.1. The Kier molecular flexibility index (Phi) is 6.80. The number of carbonyl (C=O) groups is 1. The molecule has 0 saturated carbocycles. The molecule has 174 valence electrons. The molecule has 0 spiro atoms. The molecule has 3 aromatic rings. The Morgan fingerprint density at radius 3 is 2.60 bits per heavy atom. The molecule has 2 aliphatic rings. The molecule has 2 N–H and O–H groups in total. The Labute approximate surface area is 212 Å². The maximum absolute atomic E-state index is 13.1. The van der Waals surface area contributed by atoms with Gasteiger partial charge in [-0.2, -0.15) is 5.26 Å². The Balaban J connectivity index is 1.49. The van der Waals surface area contributed by atoms with Gasteiger partial charge in [0, 0.05) is 29.4 Å². The number of hydrogen-bond acceptors (Lipinski definition) is 8. The van der Waals surface area contributed by atoms with Gasteiger partial charge >= 0.3 is 0 Å². The molecule has 1 aliphatic heterocycles. The zero-order valence-corrected chi connectivity index (χ0v) is 20.6. The summed E-state index contributed by atoms with van der Waals surface area (Å²) in [5, 5.41) is 19.4. The molecular formula is C27H23N5OS2. The van der Waals surface area contributed by atoms with Crippen LogP contribution in [0.4, 0.5) is 5.13 Å². The maximum atomic E-state index is 13.1. The minimum absolute atomic E-state index is 0.0578. The molecule has 0 bridgehead atoms. The van der Waals surface area contributed by atoms with Gasteiger partial charge in [-0.25, -0.2) is 0 Å². The van der Waals surface area contributed by atoms with Crippen molar-refractivity contribution in [2.24, 2.45) is 11.7 Å². The van der Waals surface area contributed by atoms with Crippen LogP contribution in [0.3, 0.4) is 0 Å². The van der Waals surface area contributed by atoms with Crippen molar-refractivity contribution >= 4 is 40.1 Å². The molecule has 1 aliphatic carbocycles. The third kappa shape index (κ3) is 4.78. The number of anilines is 1. The predicted octanol–water partition coefficient (Wildman–Crippen LogP) is 5.68. The number of Topliss-reactive ketones (excluding diaryl/α,β-unsaturated/α-hetero) is 1. The second kappa shape index (κ2) is 10.3. The third-order valence-electron chi connectivity index (χ3n) is 6.03. The molecule has 0 fully saturated rings. The van der Waals surface area contributed by atoms with Crippen molar-refractivity contribution in [3.63, 3.8) is 0 Å². The Morgan fingerprint density at radius 1 is 1.11 bits per heavy atom. The largest absolute Gasteiger partial charge is 0.384 e. The fraction of sp³-hybridized carbons (Fsp3) is 0.185. The summed E-state index contributed by atoms with van der Waals surface area (Å²) in [6, 6.07) is 22.3. The predicted molar refractivity (Wildman–Crippen MR) is 140 cm³/mol. The van der Waals surface area contributed by atoms with Gasteiger partial charge < -0.3 is 5.73 Å². The molecule has 8 heteroatoms. The van der Waals surface area contributed by atoms with E-state index in [0.29, 0.717) is 34.9 Å². The van der Waals surface area contributed by atoms with E-state index in [1.54, 1.807) is 16.7 Å². The van der Waals surface area contributed by atoms with Crippen LogP contribution in [0.2, 0.25) is 0 Å². The summed E-state index contributed by atoms with van der Waals surface area (Å²) in [6.07, 6.45) is 5.77. The van der Waals surface area contributed by atoms with Crippen molar-refractivity contribution in [3.8, 4) is 6.07 Å². The summed E-state index contributed by atoms with van der Waals surface area (Å²) in [7, 11) is 0. The Hall–Kier alpha value is -3.67. The van der Waals surface area contributed by atoms with Crippen LogP contribution in [-0.4, -0.2) is 16.0 Å². The number of aromatic nitrogens is 2. The van der Waals surface area contributed by atoms with Crippen LogP contribution in [0.25, 0.3) is 6.08 Å². The molecule has 5 rings (SSSR count). The molecule has 1 aromatic heterocycles. The van der Waals surface area contributed by atoms with Crippen LogP contribution in [-0.2, 0) is 10.5 Å². The lowest BCUT2D eigenvalue weighted by molar-refractivity contribution is -0.116. The van der Waals surface area contributed by atoms with E-state index in [9.17, 15) is 10.1 Å². The number of nitrogens with zero attached hydrogens (tertiary/aromatic N) is 4. The lowest BCUT2D eigenvalue weighted by atomic mass is 9.79. The van der Waals surface area contributed by atoms with Crippen molar-refractivity contribution < 1.29 is 4.79 Å². The highest BCUT2D eigenvalue weighted by Gasteiger charge is 2.39. The van der Waals surface area contributed by atoms with E-state index < -0.39 is 5.92 Å². The number of ketones is 1. The van der Waals surface area contributed by atoms with Crippen LogP contribution in [0.5, 0.6) is 0 Å². The molecule has 35 heavy (non-hydrogen) atoms. The Morgan fingerprint density at radius 2 is 1.86 bits per heavy atom. The molecule has 6 nitrogen and oxygen atoms in total. The van der Waals surface area contributed by atoms with Crippen molar-refractivity contribution in [2.75, 3.05) is 4.90 Å². The van der Waals surface area contributed by atoms with Gasteiger partial charge in [-0.3, -0.25) is 9.69 Å². The molecule has 2 aromatic carbocycles. The highest BCUT2D eigenvalue weighted by atomic mass is 32.2. The summed E-state index contributed by atoms with van der Waals surface area (Å²) in [4.78, 5) is 14.9. The molecular weight excluding hydrogens is 474 g/mol. The van der Waals surface area contributed by atoms with Crippen LogP contribution < -0.4 is 10.6 Å². The first-order valence-electron chi connectivity index (χ1n) is 11.4. The number of nitrogens with two attached hydrogens (primary N) is 1. The number of nitriles is 1. The van der Waals surface area contributed by atoms with E-state index in [2.05, 4.69) is 28.4 Å². The average Bonchev–Trinajstić information content (AvgIpc) is 3.35. The zero-order valence-electron chi connectivity index (χ0n) is 18.9. The lowest BCUT2D eigenvalue weighted by Gasteiger charge is -2.37. The Bertz CT molecular complexity index is 1370. The van der Waals surface area contributed by atoms with Gasteiger partial charge in [0.15, 0.2) is 10.1 Å². The topological polar surface area (TPSA) is 95.9 Å². The van der Waals surface area contributed by atoms with Crippen LogP contribution in [0.1, 0.15) is 30.4 Å². The van der Waals surface area contributed by atoms with E-state index in [4.69, 9.17) is 5.73 Å². The van der Waals surface area contributed by atoms with E-state index in [1.807, 2.05) is 60.7 Å². The molecule has 0 saturated heterocycles.